The lowest BCUT2D eigenvalue weighted by molar-refractivity contribution is -0.113. The molecule has 0 saturated carbocycles. The van der Waals surface area contributed by atoms with Crippen molar-refractivity contribution in [2.24, 2.45) is 7.05 Å². The first-order valence-corrected chi connectivity index (χ1v) is 14.0. The van der Waals surface area contributed by atoms with Crippen molar-refractivity contribution in [1.82, 2.24) is 14.8 Å². The van der Waals surface area contributed by atoms with Crippen LogP contribution >= 0.6 is 46.3 Å². The molecular formula is C26H24Cl2N4O4S2. The minimum absolute atomic E-state index is 0.0553. The molecule has 12 heteroatoms. The lowest BCUT2D eigenvalue weighted by Crippen LogP contribution is -2.16. The second-order valence-electron chi connectivity index (χ2n) is 8.28. The first-order valence-electron chi connectivity index (χ1n) is 11.4. The second kappa shape index (κ2) is 12.2. The molecule has 1 N–H and O–H groups in total. The lowest BCUT2D eigenvalue weighted by atomic mass is 10.0. The van der Waals surface area contributed by atoms with Crippen molar-refractivity contribution in [3.63, 3.8) is 0 Å². The number of rotatable bonds is 9. The first kappa shape index (κ1) is 28.0. The van der Waals surface area contributed by atoms with Crippen LogP contribution in [-0.2, 0) is 16.6 Å². The maximum absolute atomic E-state index is 12.8. The molecule has 38 heavy (non-hydrogen) atoms. The maximum atomic E-state index is 12.8. The number of ether oxygens (including phenoxy) is 2. The Morgan fingerprint density at radius 1 is 1.16 bits per heavy atom. The molecule has 1 amide bonds. The van der Waals surface area contributed by atoms with Crippen molar-refractivity contribution in [2.75, 3.05) is 18.2 Å². The van der Waals surface area contributed by atoms with Crippen LogP contribution < -0.4 is 10.1 Å². The van der Waals surface area contributed by atoms with Crippen LogP contribution in [-0.4, -0.2) is 39.5 Å². The highest BCUT2D eigenvalue weighted by Gasteiger charge is 2.23. The van der Waals surface area contributed by atoms with Gasteiger partial charge >= 0.3 is 5.97 Å². The third kappa shape index (κ3) is 6.32. The third-order valence-corrected chi connectivity index (χ3v) is 8.02. The molecule has 8 nitrogen and oxygen atoms in total. The smallest absolute Gasteiger partial charge is 0.341 e. The summed E-state index contributed by atoms with van der Waals surface area (Å²) in [6.07, 6.45) is -0.472. The van der Waals surface area contributed by atoms with Gasteiger partial charge in [-0.05, 0) is 31.5 Å². The number of carbonyl (C=O) groups excluding carboxylic acids is 2. The molecule has 0 aliphatic heterocycles. The first-order chi connectivity index (χ1) is 18.2. The summed E-state index contributed by atoms with van der Waals surface area (Å²) in [5.41, 5.74) is 3.00. The number of esters is 1. The van der Waals surface area contributed by atoms with Crippen molar-refractivity contribution in [1.29, 1.82) is 0 Å². The molecule has 4 aromatic rings. The fourth-order valence-electron chi connectivity index (χ4n) is 3.61. The van der Waals surface area contributed by atoms with Crippen LogP contribution in [0.2, 0.25) is 10.0 Å². The summed E-state index contributed by atoms with van der Waals surface area (Å²) < 4.78 is 12.7. The molecule has 0 spiro atoms. The summed E-state index contributed by atoms with van der Waals surface area (Å²) >= 11 is 14.7. The van der Waals surface area contributed by atoms with Crippen molar-refractivity contribution in [2.45, 2.75) is 25.1 Å². The van der Waals surface area contributed by atoms with E-state index >= 15 is 0 Å². The van der Waals surface area contributed by atoms with Gasteiger partial charge in [-0.2, -0.15) is 0 Å². The zero-order valence-electron chi connectivity index (χ0n) is 21.0. The topological polar surface area (TPSA) is 95.3 Å². The van der Waals surface area contributed by atoms with Crippen molar-refractivity contribution in [3.8, 4) is 16.9 Å². The largest absolute Gasteiger partial charge is 0.481 e. The number of nitrogens with zero attached hydrogens (tertiary/aromatic N) is 3. The zero-order valence-corrected chi connectivity index (χ0v) is 24.1. The average molecular weight is 592 g/mol. The molecule has 0 saturated heterocycles. The molecule has 0 aliphatic rings. The number of hydrogen-bond acceptors (Lipinski definition) is 8. The SMILES string of the molecule is COC(=O)c1c(-c2ccc(C)cc2)csc1NC(=O)CSc1nnc(C(C)Oc2cc(Cl)ccc2Cl)n1C. The molecule has 1 unspecified atom stereocenters. The summed E-state index contributed by atoms with van der Waals surface area (Å²) in [6.45, 7) is 3.81. The number of aromatic nitrogens is 3. The van der Waals surface area contributed by atoms with Gasteiger partial charge in [0.05, 0.1) is 17.9 Å². The van der Waals surface area contributed by atoms with Crippen molar-refractivity contribution < 1.29 is 19.1 Å². The Morgan fingerprint density at radius 3 is 2.61 bits per heavy atom. The summed E-state index contributed by atoms with van der Waals surface area (Å²) in [7, 11) is 3.11. The second-order valence-corrected chi connectivity index (χ2v) is 10.9. The molecular weight excluding hydrogens is 567 g/mol. The number of hydrogen-bond donors (Lipinski definition) is 1. The molecule has 4 rings (SSSR count). The average Bonchev–Trinajstić information content (AvgIpc) is 3.48. The summed E-state index contributed by atoms with van der Waals surface area (Å²) in [4.78, 5) is 25.4. The van der Waals surface area contributed by atoms with Crippen molar-refractivity contribution >= 4 is 63.2 Å². The summed E-state index contributed by atoms with van der Waals surface area (Å²) in [6, 6.07) is 12.8. The predicted molar refractivity (Wildman–Crippen MR) is 152 cm³/mol. The number of halogens is 2. The Balaban J connectivity index is 1.43. The van der Waals surface area contributed by atoms with E-state index in [9.17, 15) is 9.59 Å². The van der Waals surface area contributed by atoms with Gasteiger partial charge in [-0.15, -0.1) is 21.5 Å². The molecule has 198 valence electrons. The predicted octanol–water partition coefficient (Wildman–Crippen LogP) is 6.82. The van der Waals surface area contributed by atoms with Gasteiger partial charge in [0.2, 0.25) is 5.91 Å². The van der Waals surface area contributed by atoms with Gasteiger partial charge in [-0.3, -0.25) is 4.79 Å². The molecule has 2 aromatic carbocycles. The van der Waals surface area contributed by atoms with E-state index in [2.05, 4.69) is 15.5 Å². The fraction of sp³-hybridized carbons (Fsp3) is 0.231. The van der Waals surface area contributed by atoms with E-state index in [4.69, 9.17) is 32.7 Å². The van der Waals surface area contributed by atoms with Crippen molar-refractivity contribution in [3.05, 3.63) is 74.8 Å². The molecule has 0 radical (unpaired) electrons. The molecule has 2 aromatic heterocycles. The van der Waals surface area contributed by atoms with E-state index in [0.717, 1.165) is 11.1 Å². The standard InChI is InChI=1S/C26H24Cl2N4O4S2/c1-14-5-7-16(8-6-14)18-12-37-24(22(18)25(34)35-4)29-21(33)13-38-26-31-30-23(32(26)3)15(2)36-20-11-17(27)9-10-19(20)28/h5-12,15H,13H2,1-4H3,(H,29,33). The minimum Gasteiger partial charge on any atom is -0.481 e. The highest BCUT2D eigenvalue weighted by molar-refractivity contribution is 7.99. The highest BCUT2D eigenvalue weighted by Crippen LogP contribution is 2.37. The number of thioether (sulfide) groups is 1. The highest BCUT2D eigenvalue weighted by atomic mass is 35.5. The van der Waals surface area contributed by atoms with Gasteiger partial charge in [0.25, 0.3) is 0 Å². The van der Waals surface area contributed by atoms with Crippen LogP contribution in [0.5, 0.6) is 5.75 Å². The molecule has 1 atom stereocenters. The Morgan fingerprint density at radius 2 is 1.89 bits per heavy atom. The van der Waals surface area contributed by atoms with Gasteiger partial charge < -0.3 is 19.4 Å². The van der Waals surface area contributed by atoms with Gasteiger partial charge in [0.1, 0.15) is 16.3 Å². The van der Waals surface area contributed by atoms with Crippen LogP contribution in [0.4, 0.5) is 5.00 Å². The fourth-order valence-corrected chi connectivity index (χ4v) is 5.63. The molecule has 0 bridgehead atoms. The van der Waals surface area contributed by atoms with E-state index in [0.29, 0.717) is 42.9 Å². The van der Waals surface area contributed by atoms with Crippen LogP contribution in [0.3, 0.4) is 0 Å². The van der Waals surface area contributed by atoms with E-state index < -0.39 is 12.1 Å². The van der Waals surface area contributed by atoms with Crippen LogP contribution in [0, 0.1) is 6.92 Å². The van der Waals surface area contributed by atoms with E-state index in [-0.39, 0.29) is 11.7 Å². The number of thiophene rings is 1. The maximum Gasteiger partial charge on any atom is 0.341 e. The Hall–Kier alpha value is -3.05. The van der Waals surface area contributed by atoms with Gasteiger partial charge in [0, 0.05) is 29.1 Å². The van der Waals surface area contributed by atoms with E-state index in [1.165, 1.54) is 30.2 Å². The lowest BCUT2D eigenvalue weighted by Gasteiger charge is -2.15. The molecule has 2 heterocycles. The normalized spacial score (nSPS) is 11.7. The van der Waals surface area contributed by atoms with Crippen LogP contribution in [0.1, 0.15) is 34.8 Å². The zero-order chi connectivity index (χ0) is 27.4. The minimum atomic E-state index is -0.517. The van der Waals surface area contributed by atoms with E-state index in [1.54, 1.807) is 29.8 Å². The monoisotopic (exact) mass is 590 g/mol. The summed E-state index contributed by atoms with van der Waals surface area (Å²) in [5, 5.41) is 15.0. The van der Waals surface area contributed by atoms with Gasteiger partial charge in [0.15, 0.2) is 17.1 Å². The number of aryl methyl sites for hydroxylation is 1. The van der Waals surface area contributed by atoms with E-state index in [1.807, 2.05) is 43.5 Å². The Bertz CT molecular complexity index is 1470. The number of nitrogens with one attached hydrogen (secondary N) is 1. The number of amides is 1. The number of methoxy groups -OCH3 is 1. The number of anilines is 1. The number of carbonyl (C=O) groups is 2. The Kier molecular flexibility index (Phi) is 8.99. The number of benzene rings is 2. The Labute approximate surface area is 238 Å². The quantitative estimate of drug-likeness (QED) is 0.169. The third-order valence-electron chi connectivity index (χ3n) is 5.56. The summed E-state index contributed by atoms with van der Waals surface area (Å²) in [5.74, 6) is 0.233. The molecule has 0 aliphatic carbocycles. The van der Waals surface area contributed by atoms with Gasteiger partial charge in [-0.1, -0.05) is 64.8 Å². The molecule has 0 fully saturated rings. The van der Waals surface area contributed by atoms with Crippen LogP contribution in [0.15, 0.2) is 53.0 Å². The van der Waals surface area contributed by atoms with Gasteiger partial charge in [-0.25, -0.2) is 4.79 Å². The van der Waals surface area contributed by atoms with Crippen LogP contribution in [0.25, 0.3) is 11.1 Å².